The van der Waals surface area contributed by atoms with Crippen LogP contribution in [0, 0.1) is 5.92 Å². The summed E-state index contributed by atoms with van der Waals surface area (Å²) >= 11 is 0. The Kier molecular flexibility index (Phi) is 2.82. The Morgan fingerprint density at radius 2 is 1.50 bits per heavy atom. The van der Waals surface area contributed by atoms with Gasteiger partial charge in [-0.05, 0) is 0 Å². The second kappa shape index (κ2) is 2.99. The molecule has 1 atom stereocenters. The van der Waals surface area contributed by atoms with Crippen LogP contribution < -0.4 is 0 Å². The van der Waals surface area contributed by atoms with Crippen LogP contribution in [-0.4, -0.2) is 17.9 Å². The number of alkyl halides is 4. The highest BCUT2D eigenvalue weighted by molar-refractivity contribution is 5.79. The summed E-state index contributed by atoms with van der Waals surface area (Å²) < 4.78 is 59.8. The molecule has 0 aliphatic heterocycles. The third-order valence-corrected chi connectivity index (χ3v) is 1.49. The Morgan fingerprint density at radius 1 is 1.17 bits per heavy atom. The van der Waals surface area contributed by atoms with Gasteiger partial charge < -0.3 is 0 Å². The Morgan fingerprint density at radius 3 is 1.50 bits per heavy atom. The molecule has 0 saturated carbocycles. The Labute approximate surface area is 65.6 Å². The predicted octanol–water partition coefficient (Wildman–Crippen LogP) is 2.41. The molecule has 0 aromatic rings. The molecule has 0 aliphatic carbocycles. The molecular formula is C6H7F5O. The van der Waals surface area contributed by atoms with Crippen molar-refractivity contribution in [2.24, 2.45) is 5.92 Å². The quantitative estimate of drug-likeness (QED) is 0.482. The van der Waals surface area contributed by atoms with Gasteiger partial charge in [0.25, 0.3) is 5.67 Å². The second-order valence-corrected chi connectivity index (χ2v) is 2.64. The zero-order valence-corrected chi connectivity index (χ0v) is 6.38. The van der Waals surface area contributed by atoms with Gasteiger partial charge in [-0.1, -0.05) is 13.8 Å². The van der Waals surface area contributed by atoms with Gasteiger partial charge in [0.15, 0.2) is 0 Å². The van der Waals surface area contributed by atoms with Crippen molar-refractivity contribution in [1.29, 1.82) is 0 Å². The van der Waals surface area contributed by atoms with Crippen LogP contribution in [-0.2, 0) is 4.79 Å². The van der Waals surface area contributed by atoms with Gasteiger partial charge in [0.2, 0.25) is 0 Å². The zero-order chi connectivity index (χ0) is 10.2. The minimum absolute atomic E-state index is 0.783. The lowest BCUT2D eigenvalue weighted by molar-refractivity contribution is -0.243. The van der Waals surface area contributed by atoms with E-state index in [4.69, 9.17) is 0 Å². The molecule has 1 unspecified atom stereocenters. The third-order valence-electron chi connectivity index (χ3n) is 1.49. The molecule has 0 heterocycles. The SMILES string of the molecule is CC(C)C(F)(C(=O)F)C(F)(F)F. The second-order valence-electron chi connectivity index (χ2n) is 2.64. The third kappa shape index (κ3) is 1.56. The lowest BCUT2D eigenvalue weighted by Gasteiger charge is -2.26. The maximum atomic E-state index is 12.7. The van der Waals surface area contributed by atoms with Crippen molar-refractivity contribution < 1.29 is 26.7 Å². The van der Waals surface area contributed by atoms with Crippen molar-refractivity contribution in [3.8, 4) is 0 Å². The Balaban J connectivity index is 5.02. The zero-order valence-electron chi connectivity index (χ0n) is 6.38. The highest BCUT2D eigenvalue weighted by Crippen LogP contribution is 2.40. The molecule has 0 amide bonds. The van der Waals surface area contributed by atoms with Crippen LogP contribution in [0.5, 0.6) is 0 Å². The summed E-state index contributed by atoms with van der Waals surface area (Å²) in [5.41, 5.74) is -4.37. The van der Waals surface area contributed by atoms with Crippen LogP contribution in [0.25, 0.3) is 0 Å². The maximum Gasteiger partial charge on any atom is 0.432 e. The molecule has 0 aromatic heterocycles. The lowest BCUT2D eigenvalue weighted by atomic mass is 9.92. The summed E-state index contributed by atoms with van der Waals surface area (Å²) in [6.45, 7) is 1.57. The number of halogens is 5. The highest BCUT2D eigenvalue weighted by Gasteiger charge is 2.64. The molecule has 0 saturated heterocycles. The van der Waals surface area contributed by atoms with Crippen molar-refractivity contribution in [1.82, 2.24) is 0 Å². The summed E-state index contributed by atoms with van der Waals surface area (Å²) in [5, 5.41) is 0. The van der Waals surface area contributed by atoms with Crippen LogP contribution in [0.2, 0.25) is 0 Å². The summed E-state index contributed by atoms with van der Waals surface area (Å²) in [6.07, 6.45) is -5.49. The first-order chi connectivity index (χ1) is 5.14. The smallest absolute Gasteiger partial charge is 0.257 e. The predicted molar refractivity (Wildman–Crippen MR) is 30.8 cm³/mol. The van der Waals surface area contributed by atoms with Gasteiger partial charge >= 0.3 is 12.2 Å². The van der Waals surface area contributed by atoms with Gasteiger partial charge in [0.1, 0.15) is 0 Å². The summed E-state index contributed by atoms with van der Waals surface area (Å²) in [5.74, 6) is -1.77. The molecule has 6 heteroatoms. The number of carbonyl (C=O) groups is 1. The van der Waals surface area contributed by atoms with Gasteiger partial charge in [-0.15, -0.1) is 0 Å². The van der Waals surface area contributed by atoms with Gasteiger partial charge in [0.05, 0.1) is 0 Å². The molecular weight excluding hydrogens is 183 g/mol. The minimum atomic E-state index is -5.49. The summed E-state index contributed by atoms with van der Waals surface area (Å²) in [6, 6.07) is -3.00. The van der Waals surface area contributed by atoms with E-state index in [1.54, 1.807) is 0 Å². The van der Waals surface area contributed by atoms with Crippen LogP contribution in [0.4, 0.5) is 22.0 Å². The summed E-state index contributed by atoms with van der Waals surface area (Å²) in [7, 11) is 0. The molecule has 1 nitrogen and oxygen atoms in total. The number of carbonyl (C=O) groups excluding carboxylic acids is 1. The van der Waals surface area contributed by atoms with E-state index in [1.807, 2.05) is 0 Å². The van der Waals surface area contributed by atoms with E-state index in [9.17, 15) is 26.7 Å². The first kappa shape index (κ1) is 11.3. The Bertz CT molecular complexity index is 185. The molecule has 0 spiro atoms. The van der Waals surface area contributed by atoms with Crippen LogP contribution in [0.1, 0.15) is 13.8 Å². The summed E-state index contributed by atoms with van der Waals surface area (Å²) in [4.78, 5) is 9.79. The molecule has 12 heavy (non-hydrogen) atoms. The largest absolute Gasteiger partial charge is 0.432 e. The fourth-order valence-electron chi connectivity index (χ4n) is 0.666. The first-order valence-electron chi connectivity index (χ1n) is 3.09. The monoisotopic (exact) mass is 190 g/mol. The first-order valence-corrected chi connectivity index (χ1v) is 3.09. The fourth-order valence-corrected chi connectivity index (χ4v) is 0.666. The van der Waals surface area contributed by atoms with Gasteiger partial charge in [-0.3, -0.25) is 4.79 Å². The topological polar surface area (TPSA) is 17.1 Å². The molecule has 0 bridgehead atoms. The van der Waals surface area contributed by atoms with E-state index in [0.717, 1.165) is 13.8 Å². The molecule has 0 fully saturated rings. The molecule has 0 aliphatic rings. The molecule has 0 aromatic carbocycles. The standard InChI is InChI=1S/C6H7F5O/c1-3(2)5(8,4(7)12)6(9,10)11/h3H,1-2H3. The molecule has 72 valence electrons. The highest BCUT2D eigenvalue weighted by atomic mass is 19.4. The molecule has 0 N–H and O–H groups in total. The lowest BCUT2D eigenvalue weighted by Crippen LogP contribution is -2.50. The van der Waals surface area contributed by atoms with E-state index < -0.39 is 23.8 Å². The number of hydrogen-bond acceptors (Lipinski definition) is 1. The van der Waals surface area contributed by atoms with E-state index >= 15 is 0 Å². The van der Waals surface area contributed by atoms with Crippen molar-refractivity contribution in [2.75, 3.05) is 0 Å². The number of rotatable bonds is 2. The van der Waals surface area contributed by atoms with E-state index in [-0.39, 0.29) is 0 Å². The van der Waals surface area contributed by atoms with Crippen molar-refractivity contribution in [2.45, 2.75) is 25.7 Å². The van der Waals surface area contributed by atoms with Gasteiger partial charge in [0, 0.05) is 5.92 Å². The fraction of sp³-hybridized carbons (Fsp3) is 0.833. The normalized spacial score (nSPS) is 17.7. The van der Waals surface area contributed by atoms with Crippen LogP contribution >= 0.6 is 0 Å². The number of hydrogen-bond donors (Lipinski definition) is 0. The molecule has 0 rings (SSSR count). The van der Waals surface area contributed by atoms with E-state index in [0.29, 0.717) is 0 Å². The van der Waals surface area contributed by atoms with Crippen molar-refractivity contribution in [3.05, 3.63) is 0 Å². The van der Waals surface area contributed by atoms with Gasteiger partial charge in [-0.2, -0.15) is 17.6 Å². The van der Waals surface area contributed by atoms with Crippen LogP contribution in [0.3, 0.4) is 0 Å². The van der Waals surface area contributed by atoms with Crippen molar-refractivity contribution >= 4 is 6.04 Å². The maximum absolute atomic E-state index is 12.7. The van der Waals surface area contributed by atoms with Gasteiger partial charge in [-0.25, -0.2) is 4.39 Å². The van der Waals surface area contributed by atoms with E-state index in [2.05, 4.69) is 0 Å². The van der Waals surface area contributed by atoms with Crippen molar-refractivity contribution in [3.63, 3.8) is 0 Å². The van der Waals surface area contributed by atoms with Crippen LogP contribution in [0.15, 0.2) is 0 Å². The average molecular weight is 190 g/mol. The van der Waals surface area contributed by atoms with E-state index in [1.165, 1.54) is 0 Å². The Hall–Kier alpha value is -0.680. The minimum Gasteiger partial charge on any atom is -0.257 e. The average Bonchev–Trinajstić information content (AvgIpc) is 1.82. The molecule has 0 radical (unpaired) electrons.